The van der Waals surface area contributed by atoms with E-state index >= 15 is 0 Å². The molecular formula is C21H23FN4O3. The maximum Gasteiger partial charge on any atom is 0.253 e. The lowest BCUT2D eigenvalue weighted by Gasteiger charge is -2.13. The molecule has 0 fully saturated rings. The third-order valence-corrected chi connectivity index (χ3v) is 4.31. The van der Waals surface area contributed by atoms with Crippen molar-refractivity contribution in [2.24, 2.45) is 0 Å². The zero-order valence-corrected chi connectivity index (χ0v) is 16.4. The number of imidazole rings is 1. The summed E-state index contributed by atoms with van der Waals surface area (Å²) in [7, 11) is 1.63. The predicted octanol–water partition coefficient (Wildman–Crippen LogP) is 3.06. The molecule has 0 unspecified atom stereocenters. The van der Waals surface area contributed by atoms with Crippen LogP contribution in [-0.4, -0.2) is 40.8 Å². The first-order chi connectivity index (χ1) is 14.1. The smallest absolute Gasteiger partial charge is 0.253 e. The van der Waals surface area contributed by atoms with E-state index in [4.69, 9.17) is 9.47 Å². The van der Waals surface area contributed by atoms with Crippen molar-refractivity contribution in [3.8, 4) is 11.6 Å². The quantitative estimate of drug-likeness (QED) is 0.561. The number of pyridine rings is 1. The summed E-state index contributed by atoms with van der Waals surface area (Å²) in [6.45, 7) is 3.12. The first-order valence-corrected chi connectivity index (χ1v) is 9.23. The van der Waals surface area contributed by atoms with E-state index in [2.05, 4.69) is 15.3 Å². The Morgan fingerprint density at radius 2 is 2.07 bits per heavy atom. The van der Waals surface area contributed by atoms with Crippen molar-refractivity contribution in [1.29, 1.82) is 0 Å². The van der Waals surface area contributed by atoms with Gasteiger partial charge in [-0.25, -0.2) is 14.4 Å². The minimum atomic E-state index is -0.368. The zero-order valence-electron chi connectivity index (χ0n) is 16.4. The number of hydrogen-bond donors (Lipinski definition) is 1. The summed E-state index contributed by atoms with van der Waals surface area (Å²) in [5, 5.41) is 2.81. The van der Waals surface area contributed by atoms with Gasteiger partial charge in [0.15, 0.2) is 0 Å². The molecule has 1 amide bonds. The first-order valence-electron chi connectivity index (χ1n) is 9.23. The molecular weight excluding hydrogens is 375 g/mol. The summed E-state index contributed by atoms with van der Waals surface area (Å²) in [5.41, 5.74) is 1.80. The van der Waals surface area contributed by atoms with E-state index in [1.165, 1.54) is 18.3 Å². The van der Waals surface area contributed by atoms with Gasteiger partial charge in [-0.15, -0.1) is 0 Å². The van der Waals surface area contributed by atoms with Crippen LogP contribution in [0.5, 0.6) is 5.88 Å². The predicted molar refractivity (Wildman–Crippen MR) is 106 cm³/mol. The number of halogens is 1. The third kappa shape index (κ3) is 5.39. The van der Waals surface area contributed by atoms with Gasteiger partial charge in [-0.05, 0) is 36.8 Å². The Kier molecular flexibility index (Phi) is 6.91. The Morgan fingerprint density at radius 1 is 1.21 bits per heavy atom. The second kappa shape index (κ2) is 9.79. The fourth-order valence-electron chi connectivity index (χ4n) is 2.82. The highest BCUT2D eigenvalue weighted by atomic mass is 19.1. The van der Waals surface area contributed by atoms with Crippen molar-refractivity contribution < 1.29 is 18.7 Å². The van der Waals surface area contributed by atoms with Crippen molar-refractivity contribution >= 4 is 5.91 Å². The molecule has 29 heavy (non-hydrogen) atoms. The average molecular weight is 398 g/mol. The summed E-state index contributed by atoms with van der Waals surface area (Å²) in [5.74, 6) is 0.545. The van der Waals surface area contributed by atoms with Crippen LogP contribution in [0.15, 0.2) is 48.9 Å². The monoisotopic (exact) mass is 398 g/mol. The summed E-state index contributed by atoms with van der Waals surface area (Å²) in [6, 6.07) is 7.74. The fraction of sp³-hybridized carbons (Fsp3) is 0.286. The van der Waals surface area contributed by atoms with E-state index in [0.717, 1.165) is 17.9 Å². The van der Waals surface area contributed by atoms with Gasteiger partial charge in [0, 0.05) is 51.3 Å². The summed E-state index contributed by atoms with van der Waals surface area (Å²) in [6.07, 6.45) is 5.68. The van der Waals surface area contributed by atoms with Gasteiger partial charge in [-0.3, -0.25) is 4.79 Å². The molecule has 152 valence electrons. The van der Waals surface area contributed by atoms with Crippen molar-refractivity contribution in [1.82, 2.24) is 19.9 Å². The van der Waals surface area contributed by atoms with E-state index in [9.17, 15) is 9.18 Å². The first kappa shape index (κ1) is 20.5. The molecule has 0 atom stereocenters. The lowest BCUT2D eigenvalue weighted by Crippen LogP contribution is -2.24. The number of nitrogens with one attached hydrogen (secondary N) is 1. The second-order valence-corrected chi connectivity index (χ2v) is 6.38. The van der Waals surface area contributed by atoms with Crippen LogP contribution in [0.25, 0.3) is 5.69 Å². The number of carbonyl (C=O) groups is 1. The van der Waals surface area contributed by atoms with Crippen LogP contribution >= 0.6 is 0 Å². The van der Waals surface area contributed by atoms with Gasteiger partial charge in [0.1, 0.15) is 11.6 Å². The molecule has 2 heterocycles. The number of methoxy groups -OCH3 is 1. The van der Waals surface area contributed by atoms with Crippen LogP contribution in [0.2, 0.25) is 0 Å². The number of amides is 1. The van der Waals surface area contributed by atoms with Crippen molar-refractivity contribution in [3.05, 3.63) is 71.7 Å². The molecule has 0 aliphatic rings. The van der Waals surface area contributed by atoms with Gasteiger partial charge in [-0.2, -0.15) is 0 Å². The van der Waals surface area contributed by atoms with Crippen LogP contribution in [0, 0.1) is 12.7 Å². The number of ether oxygens (including phenoxy) is 2. The Balaban J connectivity index is 1.64. The minimum absolute atomic E-state index is 0.165. The second-order valence-electron chi connectivity index (χ2n) is 6.38. The van der Waals surface area contributed by atoms with Gasteiger partial charge < -0.3 is 19.4 Å². The number of aromatic nitrogens is 3. The number of hydrogen-bond acceptors (Lipinski definition) is 5. The third-order valence-electron chi connectivity index (χ3n) is 4.31. The Labute approximate surface area is 168 Å². The highest BCUT2D eigenvalue weighted by molar-refractivity contribution is 5.93. The maximum atomic E-state index is 13.8. The Bertz CT molecular complexity index is 957. The Morgan fingerprint density at radius 3 is 2.76 bits per heavy atom. The highest BCUT2D eigenvalue weighted by Gasteiger charge is 2.11. The van der Waals surface area contributed by atoms with E-state index in [1.807, 2.05) is 11.5 Å². The fourth-order valence-corrected chi connectivity index (χ4v) is 2.82. The number of nitrogens with zero attached hydrogens (tertiary/aromatic N) is 3. The van der Waals surface area contributed by atoms with Gasteiger partial charge in [0.25, 0.3) is 5.91 Å². The molecule has 7 nitrogen and oxygen atoms in total. The molecule has 0 saturated carbocycles. The van der Waals surface area contributed by atoms with E-state index in [1.54, 1.807) is 37.7 Å². The van der Waals surface area contributed by atoms with Gasteiger partial charge in [0.2, 0.25) is 5.88 Å². The van der Waals surface area contributed by atoms with Crippen LogP contribution in [0.4, 0.5) is 4.39 Å². The van der Waals surface area contributed by atoms with Gasteiger partial charge in [0.05, 0.1) is 17.9 Å². The highest BCUT2D eigenvalue weighted by Crippen LogP contribution is 2.18. The van der Waals surface area contributed by atoms with Crippen molar-refractivity contribution in [2.75, 3.05) is 20.3 Å². The topological polar surface area (TPSA) is 78.3 Å². The van der Waals surface area contributed by atoms with Gasteiger partial charge >= 0.3 is 0 Å². The zero-order chi connectivity index (χ0) is 20.6. The summed E-state index contributed by atoms with van der Waals surface area (Å²) < 4.78 is 26.0. The van der Waals surface area contributed by atoms with E-state index in [-0.39, 0.29) is 18.3 Å². The van der Waals surface area contributed by atoms with Crippen molar-refractivity contribution in [3.63, 3.8) is 0 Å². The van der Waals surface area contributed by atoms with Crippen LogP contribution < -0.4 is 10.1 Å². The molecule has 8 heteroatoms. The number of carbonyl (C=O) groups excluding carboxylic acids is 1. The largest absolute Gasteiger partial charge is 0.478 e. The lowest BCUT2D eigenvalue weighted by molar-refractivity contribution is 0.0950. The SMILES string of the molecule is COCCCOc1ccc(C(=O)NCc2cc(F)ccc2-n2ccnc2C)cn1. The van der Waals surface area contributed by atoms with Crippen LogP contribution in [0.1, 0.15) is 28.2 Å². The molecule has 0 spiro atoms. The molecule has 0 radical (unpaired) electrons. The standard InChI is InChI=1S/C21H23FN4O3/c1-15-23-8-9-26(15)19-6-5-18(22)12-17(19)14-25-21(27)16-4-7-20(24-13-16)29-11-3-10-28-2/h4-9,12-13H,3,10-11,14H2,1-2H3,(H,25,27). The van der Waals surface area contributed by atoms with Gasteiger partial charge in [-0.1, -0.05) is 0 Å². The normalized spacial score (nSPS) is 10.7. The van der Waals surface area contributed by atoms with Crippen LogP contribution in [0.3, 0.4) is 0 Å². The van der Waals surface area contributed by atoms with Crippen molar-refractivity contribution in [2.45, 2.75) is 19.9 Å². The summed E-state index contributed by atoms with van der Waals surface area (Å²) in [4.78, 5) is 20.8. The summed E-state index contributed by atoms with van der Waals surface area (Å²) >= 11 is 0. The van der Waals surface area contributed by atoms with Crippen LogP contribution in [-0.2, 0) is 11.3 Å². The number of aryl methyl sites for hydroxylation is 1. The Hall–Kier alpha value is -3.26. The molecule has 1 aromatic carbocycles. The molecule has 3 rings (SSSR count). The molecule has 0 aliphatic heterocycles. The molecule has 2 aromatic heterocycles. The number of benzene rings is 1. The van der Waals surface area contributed by atoms with E-state index in [0.29, 0.717) is 30.2 Å². The number of rotatable bonds is 9. The molecule has 1 N–H and O–H groups in total. The molecule has 0 aliphatic carbocycles. The molecule has 0 bridgehead atoms. The average Bonchev–Trinajstić information content (AvgIpc) is 3.15. The lowest BCUT2D eigenvalue weighted by atomic mass is 10.1. The maximum absolute atomic E-state index is 13.8. The minimum Gasteiger partial charge on any atom is -0.478 e. The van der Waals surface area contributed by atoms with E-state index < -0.39 is 0 Å². The molecule has 0 saturated heterocycles. The molecule has 3 aromatic rings.